The fraction of sp³-hybridized carbons (Fsp3) is 0.0588. The van der Waals surface area contributed by atoms with Crippen LogP contribution in [0, 0.1) is 11.6 Å². The van der Waals surface area contributed by atoms with Gasteiger partial charge in [0.25, 0.3) is 0 Å². The molecule has 128 valence electrons. The molecule has 25 heavy (non-hydrogen) atoms. The number of anilines is 2. The molecule has 0 spiro atoms. The van der Waals surface area contributed by atoms with E-state index in [-0.39, 0.29) is 12.4 Å². The average Bonchev–Trinajstić information content (AvgIpc) is 3.03. The van der Waals surface area contributed by atoms with Crippen LogP contribution in [0.4, 0.5) is 19.7 Å². The van der Waals surface area contributed by atoms with E-state index in [2.05, 4.69) is 15.5 Å². The van der Waals surface area contributed by atoms with Gasteiger partial charge >= 0.3 is 0 Å². The van der Waals surface area contributed by atoms with Gasteiger partial charge in [0.15, 0.2) is 11.6 Å². The Kier molecular flexibility index (Phi) is 5.20. The van der Waals surface area contributed by atoms with Crippen LogP contribution in [0.25, 0.3) is 0 Å². The zero-order valence-corrected chi connectivity index (χ0v) is 13.8. The highest BCUT2D eigenvalue weighted by Gasteiger charge is 2.08. The van der Waals surface area contributed by atoms with Crippen molar-refractivity contribution in [1.29, 1.82) is 0 Å². The summed E-state index contributed by atoms with van der Waals surface area (Å²) in [5.41, 5.74) is 9.98. The summed E-state index contributed by atoms with van der Waals surface area (Å²) in [6.45, 7) is 0.133. The number of aromatic nitrogens is 1. The molecule has 5 nitrogen and oxygen atoms in total. The van der Waals surface area contributed by atoms with Crippen LogP contribution in [0.15, 0.2) is 52.9 Å². The maximum atomic E-state index is 13.5. The summed E-state index contributed by atoms with van der Waals surface area (Å²) in [6, 6.07) is 11.1. The second kappa shape index (κ2) is 7.71. The van der Waals surface area contributed by atoms with Crippen molar-refractivity contribution in [1.82, 2.24) is 4.98 Å². The van der Waals surface area contributed by atoms with Crippen molar-refractivity contribution in [3.05, 3.63) is 70.6 Å². The summed E-state index contributed by atoms with van der Waals surface area (Å²) in [4.78, 5) is 4.02. The summed E-state index contributed by atoms with van der Waals surface area (Å²) in [5.74, 6) is -1.59. The molecule has 0 radical (unpaired) electrons. The van der Waals surface area contributed by atoms with Crippen LogP contribution in [-0.4, -0.2) is 11.2 Å². The first kappa shape index (κ1) is 16.8. The lowest BCUT2D eigenvalue weighted by atomic mass is 10.1. The SMILES string of the molecule is Nc1csc(NN=Cc2ccc(COc3cccc(F)c3F)cc2)n1. The van der Waals surface area contributed by atoms with Crippen molar-refractivity contribution in [2.45, 2.75) is 6.61 Å². The Balaban J connectivity index is 1.55. The van der Waals surface area contributed by atoms with Crippen molar-refractivity contribution < 1.29 is 13.5 Å². The van der Waals surface area contributed by atoms with E-state index >= 15 is 0 Å². The van der Waals surface area contributed by atoms with Crippen LogP contribution in [0.3, 0.4) is 0 Å². The van der Waals surface area contributed by atoms with E-state index in [1.54, 1.807) is 11.6 Å². The molecule has 8 heteroatoms. The second-order valence-corrected chi connectivity index (χ2v) is 5.89. The van der Waals surface area contributed by atoms with Gasteiger partial charge in [-0.15, -0.1) is 11.3 Å². The number of hydrazone groups is 1. The van der Waals surface area contributed by atoms with Crippen molar-refractivity contribution in [2.24, 2.45) is 5.10 Å². The lowest BCUT2D eigenvalue weighted by Crippen LogP contribution is -1.99. The third-order valence-corrected chi connectivity index (χ3v) is 3.95. The molecule has 1 aromatic heterocycles. The first-order valence-corrected chi connectivity index (χ1v) is 8.15. The molecule has 0 aliphatic carbocycles. The van der Waals surface area contributed by atoms with Crippen molar-refractivity contribution >= 4 is 28.5 Å². The number of nitrogens with two attached hydrogens (primary N) is 1. The van der Waals surface area contributed by atoms with Crippen LogP contribution in [0.5, 0.6) is 5.75 Å². The normalized spacial score (nSPS) is 11.0. The van der Waals surface area contributed by atoms with Gasteiger partial charge in [-0.25, -0.2) is 9.37 Å². The Morgan fingerprint density at radius 2 is 2.00 bits per heavy atom. The Morgan fingerprint density at radius 1 is 1.20 bits per heavy atom. The standard InChI is InChI=1S/C17H14F2N4OS/c18-13-2-1-3-14(16(13)19)24-9-12-6-4-11(5-7-12)8-21-23-17-22-15(20)10-25-17/h1-8,10H,9,20H2,(H,22,23). The summed E-state index contributed by atoms with van der Waals surface area (Å²) < 4.78 is 31.9. The smallest absolute Gasteiger partial charge is 0.205 e. The Bertz CT molecular complexity index is 881. The molecule has 3 aromatic rings. The van der Waals surface area contributed by atoms with E-state index in [0.29, 0.717) is 10.9 Å². The molecule has 0 saturated carbocycles. The molecule has 0 aliphatic heterocycles. The molecule has 3 rings (SSSR count). The molecule has 1 heterocycles. The predicted octanol–water partition coefficient (Wildman–Crippen LogP) is 4.03. The van der Waals surface area contributed by atoms with Gasteiger partial charge in [0.1, 0.15) is 12.4 Å². The maximum absolute atomic E-state index is 13.5. The Hall–Kier alpha value is -3.00. The van der Waals surface area contributed by atoms with E-state index in [0.717, 1.165) is 17.2 Å². The highest BCUT2D eigenvalue weighted by Crippen LogP contribution is 2.20. The molecular formula is C17H14F2N4OS. The molecule has 0 saturated heterocycles. The van der Waals surface area contributed by atoms with Gasteiger partial charge in [0.2, 0.25) is 10.9 Å². The van der Waals surface area contributed by atoms with E-state index in [9.17, 15) is 8.78 Å². The quantitative estimate of drug-likeness (QED) is 0.514. The molecular weight excluding hydrogens is 346 g/mol. The maximum Gasteiger partial charge on any atom is 0.205 e. The third-order valence-electron chi connectivity index (χ3n) is 3.19. The predicted molar refractivity (Wildman–Crippen MR) is 94.9 cm³/mol. The van der Waals surface area contributed by atoms with E-state index in [4.69, 9.17) is 10.5 Å². The van der Waals surface area contributed by atoms with Gasteiger partial charge < -0.3 is 10.5 Å². The van der Waals surface area contributed by atoms with Gasteiger partial charge in [-0.1, -0.05) is 30.3 Å². The van der Waals surface area contributed by atoms with Crippen molar-refractivity contribution in [2.75, 3.05) is 11.2 Å². The number of ether oxygens (including phenoxy) is 1. The number of nitrogens with zero attached hydrogens (tertiary/aromatic N) is 2. The summed E-state index contributed by atoms with van der Waals surface area (Å²) in [6.07, 6.45) is 1.63. The highest BCUT2D eigenvalue weighted by atomic mass is 32.1. The minimum Gasteiger partial charge on any atom is -0.486 e. The average molecular weight is 360 g/mol. The van der Waals surface area contributed by atoms with E-state index < -0.39 is 11.6 Å². The number of thiazole rings is 1. The number of nitrogens with one attached hydrogen (secondary N) is 1. The third kappa shape index (κ3) is 4.51. The molecule has 0 atom stereocenters. The number of benzene rings is 2. The van der Waals surface area contributed by atoms with Crippen molar-refractivity contribution in [3.63, 3.8) is 0 Å². The van der Waals surface area contributed by atoms with Gasteiger partial charge in [-0.2, -0.15) is 9.49 Å². The fourth-order valence-corrected chi connectivity index (χ4v) is 2.50. The van der Waals surface area contributed by atoms with Crippen LogP contribution in [-0.2, 0) is 6.61 Å². The van der Waals surface area contributed by atoms with Crippen LogP contribution in [0.2, 0.25) is 0 Å². The van der Waals surface area contributed by atoms with Gasteiger partial charge in [0, 0.05) is 5.38 Å². The first-order valence-electron chi connectivity index (χ1n) is 7.27. The first-order chi connectivity index (χ1) is 12.1. The molecule has 0 bridgehead atoms. The molecule has 0 fully saturated rings. The summed E-state index contributed by atoms with van der Waals surface area (Å²) in [5, 5.41) is 6.39. The fourth-order valence-electron chi connectivity index (χ4n) is 1.96. The van der Waals surface area contributed by atoms with Crippen LogP contribution < -0.4 is 15.9 Å². The van der Waals surface area contributed by atoms with Gasteiger partial charge in [-0.05, 0) is 23.3 Å². The number of hydrogen-bond acceptors (Lipinski definition) is 6. The lowest BCUT2D eigenvalue weighted by molar-refractivity contribution is 0.284. The van der Waals surface area contributed by atoms with Gasteiger partial charge in [0.05, 0.1) is 6.21 Å². The van der Waals surface area contributed by atoms with Crippen LogP contribution in [0.1, 0.15) is 11.1 Å². The second-order valence-electron chi connectivity index (χ2n) is 5.03. The topological polar surface area (TPSA) is 72.5 Å². The number of rotatable bonds is 6. The molecule has 0 amide bonds. The Morgan fingerprint density at radius 3 is 2.72 bits per heavy atom. The monoisotopic (exact) mass is 360 g/mol. The largest absolute Gasteiger partial charge is 0.486 e. The highest BCUT2D eigenvalue weighted by molar-refractivity contribution is 7.14. The molecule has 2 aromatic carbocycles. The number of nitrogen functional groups attached to an aromatic ring is 1. The minimum atomic E-state index is -0.986. The number of hydrogen-bond donors (Lipinski definition) is 2. The van der Waals surface area contributed by atoms with E-state index in [1.807, 2.05) is 24.3 Å². The van der Waals surface area contributed by atoms with Gasteiger partial charge in [-0.3, -0.25) is 5.43 Å². The summed E-state index contributed by atoms with van der Waals surface area (Å²) >= 11 is 1.36. The molecule has 3 N–H and O–H groups in total. The zero-order chi connectivity index (χ0) is 17.6. The minimum absolute atomic E-state index is 0.113. The van der Waals surface area contributed by atoms with E-state index in [1.165, 1.54) is 23.5 Å². The Labute approximate surface area is 146 Å². The number of halogens is 2. The van der Waals surface area contributed by atoms with Crippen LogP contribution >= 0.6 is 11.3 Å². The van der Waals surface area contributed by atoms with Crippen molar-refractivity contribution in [3.8, 4) is 5.75 Å². The zero-order valence-electron chi connectivity index (χ0n) is 12.9. The lowest BCUT2D eigenvalue weighted by Gasteiger charge is -2.07. The summed E-state index contributed by atoms with van der Waals surface area (Å²) in [7, 11) is 0. The molecule has 0 unspecified atom stereocenters. The molecule has 0 aliphatic rings.